The minimum atomic E-state index is -0.364. The molecule has 0 spiro atoms. The minimum Gasteiger partial charge on any atom is -0.494 e. The number of halogens is 1. The molecule has 0 saturated carbocycles. The largest absolute Gasteiger partial charge is 0.494 e. The summed E-state index contributed by atoms with van der Waals surface area (Å²) in [4.78, 5) is 65.2. The summed E-state index contributed by atoms with van der Waals surface area (Å²) in [6, 6.07) is 38.7. The molecule has 3 amide bonds. The number of ether oxygens (including phenoxy) is 3. The monoisotopic (exact) mass is 1320 g/mol. The van der Waals surface area contributed by atoms with Crippen LogP contribution in [0.3, 0.4) is 0 Å². The highest BCUT2D eigenvalue weighted by molar-refractivity contribution is 6.31. The number of carbonyl (C=O) groups is 3. The average Bonchev–Trinajstić information content (AvgIpc) is 1.57. The maximum absolute atomic E-state index is 11.7. The van der Waals surface area contributed by atoms with Crippen LogP contribution in [0.1, 0.15) is 40.7 Å². The van der Waals surface area contributed by atoms with Crippen LogP contribution < -0.4 is 57.6 Å². The van der Waals surface area contributed by atoms with Crippen molar-refractivity contribution in [2.45, 2.75) is 42.0 Å². The molecule has 24 heteroatoms. The van der Waals surface area contributed by atoms with E-state index in [1.165, 1.54) is 38.9 Å². The van der Waals surface area contributed by atoms with Gasteiger partial charge in [0.2, 0.25) is 29.6 Å². The van der Waals surface area contributed by atoms with E-state index in [4.69, 9.17) is 37.3 Å². The number of aryl methyl sites for hydroxylation is 2. The van der Waals surface area contributed by atoms with Gasteiger partial charge in [0.25, 0.3) is 5.91 Å². The Labute approximate surface area is 566 Å². The Kier molecular flexibility index (Phi) is 29.6. The average molecular weight is 1320 g/mol. The summed E-state index contributed by atoms with van der Waals surface area (Å²) in [5, 5.41) is 19.7. The summed E-state index contributed by atoms with van der Waals surface area (Å²) < 4.78 is 18.6. The third-order valence-corrected chi connectivity index (χ3v) is 14.0. The number of nitrogen functional groups attached to an aromatic ring is 2. The molecule has 4 heterocycles. The Hall–Kier alpha value is -11.6. The third kappa shape index (κ3) is 22.6. The summed E-state index contributed by atoms with van der Waals surface area (Å²) >= 11 is 6.17. The van der Waals surface area contributed by atoms with Crippen molar-refractivity contribution in [1.29, 1.82) is 0 Å². The molecule has 0 bridgehead atoms. The lowest BCUT2D eigenvalue weighted by Gasteiger charge is -2.15. The molecule has 500 valence electrons. The van der Waals surface area contributed by atoms with E-state index in [0.717, 1.165) is 63.9 Å². The van der Waals surface area contributed by atoms with Crippen LogP contribution in [0.15, 0.2) is 178 Å². The van der Waals surface area contributed by atoms with Crippen molar-refractivity contribution in [3.63, 3.8) is 0 Å². The van der Waals surface area contributed by atoms with Gasteiger partial charge in [0.15, 0.2) is 0 Å². The molecular formula is C72H84ClN17O6. The molecule has 0 fully saturated rings. The van der Waals surface area contributed by atoms with Gasteiger partial charge < -0.3 is 71.9 Å². The molecule has 10 N–H and O–H groups in total. The van der Waals surface area contributed by atoms with E-state index in [1.807, 2.05) is 74.8 Å². The summed E-state index contributed by atoms with van der Waals surface area (Å²) in [6.07, 6.45) is 9.02. The Bertz CT molecular complexity index is 4340. The van der Waals surface area contributed by atoms with Crippen LogP contribution in [0.4, 0.5) is 63.2 Å². The van der Waals surface area contributed by atoms with Crippen LogP contribution in [0.5, 0.6) is 23.1 Å². The molecule has 96 heavy (non-hydrogen) atoms. The molecule has 0 aliphatic carbocycles. The lowest BCUT2D eigenvalue weighted by Crippen LogP contribution is -2.15. The van der Waals surface area contributed by atoms with Crippen molar-refractivity contribution in [2.75, 3.05) is 98.4 Å². The summed E-state index contributed by atoms with van der Waals surface area (Å²) in [5.41, 5.74) is 21.3. The van der Waals surface area contributed by atoms with Crippen molar-refractivity contribution < 1.29 is 28.6 Å². The number of rotatable bonds is 19. The SMILES string of the molecule is C.C=CC(=O)Nc1cc(Nc2nccc(-c3cn(C)c4ccccc34)n2)c(OC)cc1N.C=CC(=O)Nc1cccc(Oc2nc(Nc3ccc(N)cc3OC)ncc2Cl)c1.CC#CC(=O)Nc1ccc2ncnc(Nc3cccc(C)c3)c2c1.CCN(C)C.CCN(C)CC. The summed E-state index contributed by atoms with van der Waals surface area (Å²) in [5.74, 6) is 6.93. The van der Waals surface area contributed by atoms with Gasteiger partial charge in [0, 0.05) is 82.2 Å². The van der Waals surface area contributed by atoms with Crippen LogP contribution in [0, 0.1) is 18.8 Å². The molecule has 0 radical (unpaired) electrons. The normalized spacial score (nSPS) is 10.1. The van der Waals surface area contributed by atoms with Crippen molar-refractivity contribution in [1.82, 2.24) is 44.3 Å². The first-order chi connectivity index (χ1) is 45.7. The van der Waals surface area contributed by atoms with Crippen LogP contribution in [0.2, 0.25) is 5.02 Å². The summed E-state index contributed by atoms with van der Waals surface area (Å²) in [7, 11) is 11.3. The summed E-state index contributed by atoms with van der Waals surface area (Å²) in [6.45, 7) is 20.4. The predicted molar refractivity (Wildman–Crippen MR) is 392 cm³/mol. The number of hydrogen-bond donors (Lipinski definition) is 8. The predicted octanol–water partition coefficient (Wildman–Crippen LogP) is 14.3. The molecule has 10 rings (SSSR count). The topological polar surface area (TPSA) is 292 Å². The van der Waals surface area contributed by atoms with E-state index in [0.29, 0.717) is 68.8 Å². The maximum Gasteiger partial charge on any atom is 0.300 e. The number of carbonyl (C=O) groups excluding carboxylic acids is 3. The first-order valence-electron chi connectivity index (χ1n) is 29.9. The Balaban J connectivity index is 0.000000241. The van der Waals surface area contributed by atoms with Gasteiger partial charge in [-0.1, -0.05) is 95.3 Å². The standard InChI is InChI=1S/C23H22N6O2.C20H18ClN5O3.C19H16N4O.C5H13N.C4H11N.CH4/c1-4-22(30)26-18-12-19(21(31-3)11-16(18)24)28-23-25-10-9-17(27-23)15-13-29(2)20-8-6-5-7-14(15)20;1-3-18(27)24-13-5-4-6-14(10-13)29-19-15(21)11-23-20(26-19)25-16-8-7-12(22)9-17(16)28-2;1-3-5-18(24)22-15-8-9-17-16(11-15)19(21-12-20-17)23-14-7-4-6-13(2)10-14;1-4-6(3)5-2;1-4-5(2)3;/h4-13H,1,24H2,2-3H3,(H,26,30)(H,25,27,28);3-11H,1,22H2,2H3,(H,24,27)(H,23,25,26);4,6-12H,1-2H3,(H,22,24)(H,20,21,23);4-5H2,1-3H3;4H2,1-3H3;1H4. The molecular weight excluding hydrogens is 1230 g/mol. The first-order valence-corrected chi connectivity index (χ1v) is 30.2. The molecule has 0 saturated heterocycles. The van der Waals surface area contributed by atoms with Gasteiger partial charge in [-0.3, -0.25) is 14.4 Å². The highest BCUT2D eigenvalue weighted by atomic mass is 35.5. The van der Waals surface area contributed by atoms with Crippen LogP contribution >= 0.6 is 11.6 Å². The van der Waals surface area contributed by atoms with Gasteiger partial charge in [-0.05, 0) is 151 Å². The van der Waals surface area contributed by atoms with Crippen molar-refractivity contribution in [3.05, 3.63) is 188 Å². The quantitative estimate of drug-likeness (QED) is 0.0212. The second kappa shape index (κ2) is 37.8. The molecule has 6 aromatic carbocycles. The number of amides is 3. The van der Waals surface area contributed by atoms with Gasteiger partial charge in [0.05, 0.1) is 54.4 Å². The highest BCUT2D eigenvalue weighted by Gasteiger charge is 2.16. The van der Waals surface area contributed by atoms with Crippen molar-refractivity contribution in [3.8, 4) is 46.2 Å². The van der Waals surface area contributed by atoms with E-state index in [-0.39, 0.29) is 42.0 Å². The van der Waals surface area contributed by atoms with Crippen LogP contribution in [-0.2, 0) is 21.4 Å². The number of nitrogens with zero attached hydrogens (tertiary/aromatic N) is 9. The van der Waals surface area contributed by atoms with Crippen molar-refractivity contribution >= 4 is 114 Å². The van der Waals surface area contributed by atoms with E-state index < -0.39 is 0 Å². The van der Waals surface area contributed by atoms with Gasteiger partial charge >= 0.3 is 0 Å². The van der Waals surface area contributed by atoms with E-state index >= 15 is 0 Å². The van der Waals surface area contributed by atoms with E-state index in [2.05, 4.69) is 155 Å². The van der Waals surface area contributed by atoms with E-state index in [9.17, 15) is 14.4 Å². The smallest absolute Gasteiger partial charge is 0.300 e. The molecule has 23 nitrogen and oxygen atoms in total. The molecule has 0 unspecified atom stereocenters. The fourth-order valence-electron chi connectivity index (χ4n) is 8.34. The van der Waals surface area contributed by atoms with Gasteiger partial charge in [0.1, 0.15) is 34.4 Å². The fourth-order valence-corrected chi connectivity index (χ4v) is 8.47. The number of anilines is 11. The number of para-hydroxylation sites is 1. The molecule has 0 aliphatic rings. The minimum absolute atomic E-state index is 0. The van der Waals surface area contributed by atoms with Crippen molar-refractivity contribution in [2.24, 2.45) is 7.05 Å². The molecule has 0 atom stereocenters. The highest BCUT2D eigenvalue weighted by Crippen LogP contribution is 2.37. The Morgan fingerprint density at radius 2 is 1.34 bits per heavy atom. The second-order valence-electron chi connectivity index (χ2n) is 20.8. The number of nitrogens with two attached hydrogens (primary N) is 2. The maximum atomic E-state index is 11.7. The Morgan fingerprint density at radius 1 is 0.677 bits per heavy atom. The first kappa shape index (κ1) is 75.1. The number of hydrogen-bond acceptors (Lipinski definition) is 19. The molecule has 10 aromatic rings. The fraction of sp³-hybridized carbons (Fsp3) is 0.208. The number of fused-ring (bicyclic) bond motifs is 2. The van der Waals surface area contributed by atoms with Crippen LogP contribution in [0.25, 0.3) is 33.1 Å². The number of nitrogens with one attached hydrogen (secondary N) is 6. The third-order valence-electron chi connectivity index (χ3n) is 13.7. The molecule has 4 aromatic heterocycles. The zero-order valence-corrected chi connectivity index (χ0v) is 55.9. The number of benzene rings is 6. The second-order valence-corrected chi connectivity index (χ2v) is 21.2. The lowest BCUT2D eigenvalue weighted by molar-refractivity contribution is -0.112. The number of methoxy groups -OCH3 is 2. The number of aromatic nitrogens is 7. The van der Waals surface area contributed by atoms with E-state index in [1.54, 1.807) is 73.8 Å². The zero-order chi connectivity index (χ0) is 69.0. The Morgan fingerprint density at radius 3 is 2.02 bits per heavy atom. The van der Waals surface area contributed by atoms with Gasteiger partial charge in [-0.25, -0.2) is 24.9 Å². The molecule has 0 aliphatic heterocycles. The van der Waals surface area contributed by atoms with Crippen LogP contribution in [-0.4, -0.2) is 117 Å². The van der Waals surface area contributed by atoms with Gasteiger partial charge in [-0.15, -0.1) is 0 Å². The zero-order valence-electron chi connectivity index (χ0n) is 55.1. The van der Waals surface area contributed by atoms with Gasteiger partial charge in [-0.2, -0.15) is 4.98 Å². The lowest BCUT2D eigenvalue weighted by atomic mass is 10.1.